The van der Waals surface area contributed by atoms with Crippen molar-refractivity contribution in [1.82, 2.24) is 0 Å². The lowest BCUT2D eigenvalue weighted by atomic mass is 10.0. The maximum absolute atomic E-state index is 11.2. The van der Waals surface area contributed by atoms with Gasteiger partial charge in [0.25, 0.3) is 0 Å². The zero-order valence-corrected chi connectivity index (χ0v) is 11.0. The van der Waals surface area contributed by atoms with E-state index < -0.39 is 10.1 Å². The molecule has 0 fully saturated rings. The van der Waals surface area contributed by atoms with Crippen LogP contribution in [0.3, 0.4) is 0 Å². The van der Waals surface area contributed by atoms with E-state index in [9.17, 15) is 13.0 Å². The third-order valence-corrected chi connectivity index (χ3v) is 3.94. The molecule has 18 heavy (non-hydrogen) atoms. The van der Waals surface area contributed by atoms with E-state index in [4.69, 9.17) is 0 Å². The highest BCUT2D eigenvalue weighted by atomic mass is 32.2. The van der Waals surface area contributed by atoms with Crippen LogP contribution >= 0.6 is 0 Å². The Morgan fingerprint density at radius 2 is 1.72 bits per heavy atom. The van der Waals surface area contributed by atoms with Crippen molar-refractivity contribution in [3.63, 3.8) is 0 Å². The summed E-state index contributed by atoms with van der Waals surface area (Å²) in [5.41, 5.74) is 1.10. The Morgan fingerprint density at radius 1 is 1.06 bits per heavy atom. The Labute approximate surface area is 107 Å². The second kappa shape index (κ2) is 5.08. The summed E-state index contributed by atoms with van der Waals surface area (Å²) in [6.07, 6.45) is 3.03. The number of unbranched alkanes of at least 4 members (excludes halogenated alkanes) is 1. The molecular formula is C14H15O3S-. The predicted octanol–water partition coefficient (Wildman–Crippen LogP) is 3.09. The fraction of sp³-hybridized carbons (Fsp3) is 0.286. The van der Waals surface area contributed by atoms with Crippen LogP contribution in [0, 0.1) is 0 Å². The van der Waals surface area contributed by atoms with Crippen LogP contribution in [0.1, 0.15) is 25.3 Å². The second-order valence-electron chi connectivity index (χ2n) is 4.33. The summed E-state index contributed by atoms with van der Waals surface area (Å²) in [5.74, 6) is 0. The molecule has 0 aliphatic carbocycles. The monoisotopic (exact) mass is 263 g/mol. The maximum atomic E-state index is 11.2. The molecule has 2 aromatic rings. The van der Waals surface area contributed by atoms with E-state index in [1.165, 1.54) is 6.07 Å². The normalized spacial score (nSPS) is 11.9. The number of hydrogen-bond donors (Lipinski definition) is 0. The van der Waals surface area contributed by atoms with Crippen molar-refractivity contribution in [2.24, 2.45) is 0 Å². The van der Waals surface area contributed by atoms with Crippen molar-refractivity contribution >= 4 is 20.9 Å². The number of benzene rings is 2. The van der Waals surface area contributed by atoms with Crippen molar-refractivity contribution in [2.45, 2.75) is 31.1 Å². The van der Waals surface area contributed by atoms with E-state index in [-0.39, 0.29) is 4.90 Å². The van der Waals surface area contributed by atoms with Gasteiger partial charge >= 0.3 is 0 Å². The molecule has 4 heteroatoms. The first kappa shape index (κ1) is 13.1. The molecule has 96 valence electrons. The number of rotatable bonds is 4. The molecule has 0 saturated heterocycles. The summed E-state index contributed by atoms with van der Waals surface area (Å²) in [7, 11) is -4.42. The molecule has 0 aromatic heterocycles. The van der Waals surface area contributed by atoms with Crippen LogP contribution in [0.2, 0.25) is 0 Å². The molecule has 0 N–H and O–H groups in total. The van der Waals surface area contributed by atoms with Crippen molar-refractivity contribution in [2.75, 3.05) is 0 Å². The molecule has 2 rings (SSSR count). The van der Waals surface area contributed by atoms with Crippen LogP contribution in [-0.4, -0.2) is 13.0 Å². The average Bonchev–Trinajstić information content (AvgIpc) is 2.34. The summed E-state index contributed by atoms with van der Waals surface area (Å²) in [6, 6.07) is 10.3. The van der Waals surface area contributed by atoms with Gasteiger partial charge in [0.1, 0.15) is 10.1 Å². The van der Waals surface area contributed by atoms with Gasteiger partial charge in [-0.15, -0.1) is 0 Å². The van der Waals surface area contributed by atoms with Gasteiger partial charge in [-0.2, -0.15) is 0 Å². The molecule has 0 aliphatic rings. The molecule has 3 nitrogen and oxygen atoms in total. The largest absolute Gasteiger partial charge is 0.744 e. The Morgan fingerprint density at radius 3 is 2.33 bits per heavy atom. The lowest BCUT2D eigenvalue weighted by Crippen LogP contribution is -2.01. The minimum Gasteiger partial charge on any atom is -0.744 e. The second-order valence-corrected chi connectivity index (χ2v) is 5.67. The molecule has 0 amide bonds. The molecule has 0 spiro atoms. The standard InChI is InChI=1S/C14H16O3S/c1-2-3-6-11-9-10-14(18(15,16)17)13-8-5-4-7-12(11)13/h4-5,7-10H,2-3,6H2,1H3,(H,15,16,17)/p-1. The summed E-state index contributed by atoms with van der Waals surface area (Å²) >= 11 is 0. The lowest BCUT2D eigenvalue weighted by Gasteiger charge is -2.13. The molecule has 0 bridgehead atoms. The third-order valence-electron chi connectivity index (χ3n) is 3.04. The average molecular weight is 263 g/mol. The van der Waals surface area contributed by atoms with Gasteiger partial charge in [0.05, 0.1) is 4.90 Å². The highest BCUT2D eigenvalue weighted by Crippen LogP contribution is 2.27. The summed E-state index contributed by atoms with van der Waals surface area (Å²) in [5, 5.41) is 1.39. The fourth-order valence-corrected chi connectivity index (χ4v) is 2.82. The van der Waals surface area contributed by atoms with Crippen LogP contribution in [0.15, 0.2) is 41.3 Å². The van der Waals surface area contributed by atoms with Gasteiger partial charge in [0, 0.05) is 0 Å². The van der Waals surface area contributed by atoms with E-state index in [2.05, 4.69) is 6.92 Å². The Kier molecular flexibility index (Phi) is 3.68. The highest BCUT2D eigenvalue weighted by molar-refractivity contribution is 7.86. The van der Waals surface area contributed by atoms with Crippen molar-refractivity contribution in [3.8, 4) is 0 Å². The van der Waals surface area contributed by atoms with Crippen molar-refractivity contribution in [1.29, 1.82) is 0 Å². The summed E-state index contributed by atoms with van der Waals surface area (Å²) in [4.78, 5) is -0.127. The van der Waals surface area contributed by atoms with Crippen LogP contribution in [0.25, 0.3) is 10.8 Å². The van der Waals surface area contributed by atoms with Gasteiger partial charge < -0.3 is 4.55 Å². The summed E-state index contributed by atoms with van der Waals surface area (Å²) < 4.78 is 33.6. The zero-order chi connectivity index (χ0) is 13.2. The topological polar surface area (TPSA) is 57.2 Å². The first-order chi connectivity index (χ1) is 8.54. The Balaban J connectivity index is 2.66. The maximum Gasteiger partial charge on any atom is 0.125 e. The minimum absolute atomic E-state index is 0.127. The SMILES string of the molecule is CCCCc1ccc(S(=O)(=O)[O-])c2ccccc12. The third kappa shape index (κ3) is 2.54. The lowest BCUT2D eigenvalue weighted by molar-refractivity contribution is 0.464. The molecule has 0 saturated carbocycles. The van der Waals surface area contributed by atoms with Crippen molar-refractivity contribution in [3.05, 3.63) is 42.0 Å². The molecule has 0 radical (unpaired) electrons. The molecule has 0 atom stereocenters. The number of fused-ring (bicyclic) bond motifs is 1. The van der Waals surface area contributed by atoms with Gasteiger partial charge in [-0.1, -0.05) is 43.7 Å². The van der Waals surface area contributed by atoms with Gasteiger partial charge in [0.2, 0.25) is 0 Å². The van der Waals surface area contributed by atoms with Gasteiger partial charge in [0.15, 0.2) is 0 Å². The zero-order valence-electron chi connectivity index (χ0n) is 10.2. The first-order valence-electron chi connectivity index (χ1n) is 6.00. The fourth-order valence-electron chi connectivity index (χ4n) is 2.14. The molecular weight excluding hydrogens is 248 g/mol. The molecule has 2 aromatic carbocycles. The number of hydrogen-bond acceptors (Lipinski definition) is 3. The van der Waals surface area contributed by atoms with Crippen LogP contribution in [-0.2, 0) is 16.5 Å². The molecule has 0 heterocycles. The Hall–Kier alpha value is -1.39. The van der Waals surface area contributed by atoms with Gasteiger partial charge in [-0.25, -0.2) is 8.42 Å². The van der Waals surface area contributed by atoms with Crippen LogP contribution < -0.4 is 0 Å². The molecule has 0 aliphatic heterocycles. The van der Waals surface area contributed by atoms with Crippen molar-refractivity contribution < 1.29 is 13.0 Å². The molecule has 0 unspecified atom stereocenters. The minimum atomic E-state index is -4.42. The smallest absolute Gasteiger partial charge is 0.125 e. The quantitative estimate of drug-likeness (QED) is 0.796. The number of aryl methyl sites for hydroxylation is 1. The Bertz CT molecular complexity index is 660. The van der Waals surface area contributed by atoms with Crippen LogP contribution in [0.4, 0.5) is 0 Å². The van der Waals surface area contributed by atoms with E-state index in [1.54, 1.807) is 18.2 Å². The van der Waals surface area contributed by atoms with E-state index >= 15 is 0 Å². The van der Waals surface area contributed by atoms with Gasteiger partial charge in [-0.05, 0) is 35.2 Å². The van der Waals surface area contributed by atoms with E-state index in [0.29, 0.717) is 5.39 Å². The van der Waals surface area contributed by atoms with Gasteiger partial charge in [-0.3, -0.25) is 0 Å². The van der Waals surface area contributed by atoms with E-state index in [0.717, 1.165) is 30.2 Å². The predicted molar refractivity (Wildman–Crippen MR) is 70.5 cm³/mol. The summed E-state index contributed by atoms with van der Waals surface area (Å²) in [6.45, 7) is 2.11. The van der Waals surface area contributed by atoms with Crippen LogP contribution in [0.5, 0.6) is 0 Å². The first-order valence-corrected chi connectivity index (χ1v) is 7.41. The highest BCUT2D eigenvalue weighted by Gasteiger charge is 2.09. The van der Waals surface area contributed by atoms with E-state index in [1.807, 2.05) is 12.1 Å².